The molecule has 1 aromatic heterocycles. The largest absolute Gasteiger partial charge is 0.499 e. The van der Waals surface area contributed by atoms with Gasteiger partial charge in [0.1, 0.15) is 0 Å². The summed E-state index contributed by atoms with van der Waals surface area (Å²) in [6.07, 6.45) is 0. The van der Waals surface area contributed by atoms with E-state index in [0.717, 1.165) is 19.9 Å². The van der Waals surface area contributed by atoms with Gasteiger partial charge < -0.3 is 5.11 Å². The average Bonchev–Trinajstić information content (AvgIpc) is 2.43. The van der Waals surface area contributed by atoms with Crippen LogP contribution >= 0.6 is 43.2 Å². The van der Waals surface area contributed by atoms with Crippen LogP contribution in [0.25, 0.3) is 10.1 Å². The van der Waals surface area contributed by atoms with Gasteiger partial charge in [-0.25, -0.2) is 0 Å². The summed E-state index contributed by atoms with van der Waals surface area (Å²) in [6.45, 7) is 0. The molecule has 1 heterocycles. The summed E-state index contributed by atoms with van der Waals surface area (Å²) in [5, 5.41) is 11.8. The van der Waals surface area contributed by atoms with Crippen molar-refractivity contribution in [2.75, 3.05) is 0 Å². The molecule has 1 aromatic carbocycles. The van der Waals surface area contributed by atoms with Crippen molar-refractivity contribution < 1.29 is 5.11 Å². The fraction of sp³-hybridized carbons (Fsp3) is 0.111. The Morgan fingerprint density at radius 2 is 2.15 bits per heavy atom. The molecule has 2 aromatic rings. The van der Waals surface area contributed by atoms with Crippen LogP contribution in [0.1, 0.15) is 5.56 Å². The highest BCUT2D eigenvalue weighted by atomic mass is 79.9. The molecule has 1 N–H and O–H groups in total. The predicted molar refractivity (Wildman–Crippen MR) is 63.8 cm³/mol. The summed E-state index contributed by atoms with van der Waals surface area (Å²) in [5.74, 6) is 0. The van der Waals surface area contributed by atoms with Gasteiger partial charge in [0.25, 0.3) is 0 Å². The van der Waals surface area contributed by atoms with Crippen molar-refractivity contribution in [1.29, 1.82) is 0 Å². The first-order chi connectivity index (χ1) is 6.24. The molecule has 0 radical (unpaired) electrons. The van der Waals surface area contributed by atoms with E-state index in [-0.39, 0.29) is 0 Å². The molecule has 68 valence electrons. The fourth-order valence-electron chi connectivity index (χ4n) is 1.28. The van der Waals surface area contributed by atoms with Crippen LogP contribution in [0.5, 0.6) is 5.06 Å². The average molecular weight is 322 g/mol. The molecule has 0 unspecified atom stereocenters. The summed E-state index contributed by atoms with van der Waals surface area (Å²) < 4.78 is 1.92. The molecular formula is C9H6Br2OS. The highest BCUT2D eigenvalue weighted by molar-refractivity contribution is 9.10. The molecule has 0 amide bonds. The number of hydrogen-bond donors (Lipinski definition) is 1. The van der Waals surface area contributed by atoms with Crippen molar-refractivity contribution in [2.45, 2.75) is 5.33 Å². The maximum atomic E-state index is 9.52. The molecule has 0 atom stereocenters. The van der Waals surface area contributed by atoms with Crippen LogP contribution in [-0.2, 0) is 5.33 Å². The van der Waals surface area contributed by atoms with E-state index >= 15 is 0 Å². The smallest absolute Gasteiger partial charge is 0.186 e. The minimum absolute atomic E-state index is 0.350. The number of thiophene rings is 1. The summed E-state index contributed by atoms with van der Waals surface area (Å²) >= 11 is 8.20. The number of alkyl halides is 1. The Morgan fingerprint density at radius 1 is 1.38 bits per heavy atom. The van der Waals surface area contributed by atoms with Gasteiger partial charge in [-0.15, -0.1) is 0 Å². The van der Waals surface area contributed by atoms with Crippen LogP contribution in [0.15, 0.2) is 22.7 Å². The SMILES string of the molecule is Oc1sc2cccc(CBr)c2c1Br. The van der Waals surface area contributed by atoms with E-state index in [2.05, 4.69) is 31.9 Å². The van der Waals surface area contributed by atoms with Gasteiger partial charge in [0.05, 0.1) is 4.47 Å². The van der Waals surface area contributed by atoms with E-state index in [1.54, 1.807) is 0 Å². The van der Waals surface area contributed by atoms with E-state index in [1.165, 1.54) is 16.9 Å². The third-order valence-electron chi connectivity index (χ3n) is 1.87. The lowest BCUT2D eigenvalue weighted by molar-refractivity contribution is 0.488. The van der Waals surface area contributed by atoms with Gasteiger partial charge in [-0.3, -0.25) is 0 Å². The van der Waals surface area contributed by atoms with E-state index in [9.17, 15) is 5.11 Å². The molecule has 4 heteroatoms. The Hall–Kier alpha value is -0.0600. The maximum Gasteiger partial charge on any atom is 0.186 e. The van der Waals surface area contributed by atoms with E-state index < -0.39 is 0 Å². The van der Waals surface area contributed by atoms with Gasteiger partial charge in [0.2, 0.25) is 0 Å². The molecule has 0 aliphatic carbocycles. The summed E-state index contributed by atoms with van der Waals surface area (Å²) in [7, 11) is 0. The standard InChI is InChI=1S/C9H6Br2OS/c10-4-5-2-1-3-6-7(5)8(11)9(12)13-6/h1-3,12H,4H2. The first-order valence-electron chi connectivity index (χ1n) is 3.69. The van der Waals surface area contributed by atoms with Gasteiger partial charge in [-0.2, -0.15) is 0 Å². The summed E-state index contributed by atoms with van der Waals surface area (Å²) in [4.78, 5) is 0. The zero-order valence-electron chi connectivity index (χ0n) is 6.55. The Balaban J connectivity index is 2.87. The number of rotatable bonds is 1. The molecule has 0 aliphatic heterocycles. The van der Waals surface area contributed by atoms with E-state index in [1.807, 2.05) is 18.2 Å². The molecule has 0 fully saturated rings. The van der Waals surface area contributed by atoms with Crippen LogP contribution < -0.4 is 0 Å². The number of halogens is 2. The highest BCUT2D eigenvalue weighted by Gasteiger charge is 2.11. The molecular weight excluding hydrogens is 316 g/mol. The third-order valence-corrected chi connectivity index (χ3v) is 4.47. The Kier molecular flexibility index (Phi) is 2.62. The molecule has 0 bridgehead atoms. The van der Waals surface area contributed by atoms with Crippen molar-refractivity contribution in [3.63, 3.8) is 0 Å². The van der Waals surface area contributed by atoms with E-state index in [0.29, 0.717) is 5.06 Å². The van der Waals surface area contributed by atoms with Crippen LogP contribution in [0, 0.1) is 0 Å². The Morgan fingerprint density at radius 3 is 2.85 bits per heavy atom. The van der Waals surface area contributed by atoms with Gasteiger partial charge in [-0.1, -0.05) is 39.4 Å². The molecule has 0 saturated carbocycles. The minimum atomic E-state index is 0.350. The van der Waals surface area contributed by atoms with Crippen molar-refractivity contribution in [3.8, 4) is 5.06 Å². The number of hydrogen-bond acceptors (Lipinski definition) is 2. The number of benzene rings is 1. The normalized spacial score (nSPS) is 10.9. The molecule has 13 heavy (non-hydrogen) atoms. The first-order valence-corrected chi connectivity index (χ1v) is 6.42. The van der Waals surface area contributed by atoms with Crippen molar-refractivity contribution in [3.05, 3.63) is 28.2 Å². The van der Waals surface area contributed by atoms with Crippen molar-refractivity contribution >= 4 is 53.3 Å². The molecule has 1 nitrogen and oxygen atoms in total. The summed E-state index contributed by atoms with van der Waals surface area (Å²) in [6, 6.07) is 6.06. The van der Waals surface area contributed by atoms with Crippen LogP contribution in [0.4, 0.5) is 0 Å². The van der Waals surface area contributed by atoms with Gasteiger partial charge in [-0.05, 0) is 27.6 Å². The van der Waals surface area contributed by atoms with Gasteiger partial charge in [0.15, 0.2) is 5.06 Å². The quantitative estimate of drug-likeness (QED) is 0.778. The minimum Gasteiger partial charge on any atom is -0.499 e. The molecule has 0 saturated heterocycles. The van der Waals surface area contributed by atoms with Crippen molar-refractivity contribution in [2.24, 2.45) is 0 Å². The second-order valence-electron chi connectivity index (χ2n) is 2.65. The topological polar surface area (TPSA) is 20.2 Å². The van der Waals surface area contributed by atoms with Crippen LogP contribution in [0.3, 0.4) is 0 Å². The Bertz CT molecular complexity index is 450. The third kappa shape index (κ3) is 1.51. The zero-order valence-corrected chi connectivity index (χ0v) is 10.5. The first kappa shape index (κ1) is 9.49. The maximum absolute atomic E-state index is 9.52. The lowest BCUT2D eigenvalue weighted by atomic mass is 10.1. The predicted octanol–water partition coefficient (Wildman–Crippen LogP) is 4.26. The lowest BCUT2D eigenvalue weighted by Crippen LogP contribution is -1.77. The number of aromatic hydroxyl groups is 1. The molecule has 2 rings (SSSR count). The second-order valence-corrected chi connectivity index (χ2v) is 5.03. The summed E-state index contributed by atoms with van der Waals surface area (Å²) in [5.41, 5.74) is 1.20. The second kappa shape index (κ2) is 3.59. The highest BCUT2D eigenvalue weighted by Crippen LogP contribution is 2.42. The monoisotopic (exact) mass is 320 g/mol. The molecule has 0 aliphatic rings. The van der Waals surface area contributed by atoms with Crippen molar-refractivity contribution in [1.82, 2.24) is 0 Å². The van der Waals surface area contributed by atoms with Crippen LogP contribution in [-0.4, -0.2) is 5.11 Å². The van der Waals surface area contributed by atoms with E-state index in [4.69, 9.17) is 0 Å². The van der Waals surface area contributed by atoms with Gasteiger partial charge in [0, 0.05) is 15.4 Å². The van der Waals surface area contributed by atoms with Crippen LogP contribution in [0.2, 0.25) is 0 Å². The Labute approximate surface area is 96.6 Å². The fourth-order valence-corrected chi connectivity index (χ4v) is 3.47. The lowest BCUT2D eigenvalue weighted by Gasteiger charge is -1.97. The number of fused-ring (bicyclic) bond motifs is 1. The molecule has 0 spiro atoms. The zero-order chi connectivity index (χ0) is 9.42. The van der Waals surface area contributed by atoms with Gasteiger partial charge >= 0.3 is 0 Å².